The highest BCUT2D eigenvalue weighted by molar-refractivity contribution is 5.39. The molecular formula is C16H14F2O. The Kier molecular flexibility index (Phi) is 3.07. The van der Waals surface area contributed by atoms with E-state index >= 15 is 0 Å². The third-order valence-electron chi connectivity index (χ3n) is 3.70. The van der Waals surface area contributed by atoms with E-state index in [1.165, 1.54) is 17.2 Å². The van der Waals surface area contributed by atoms with Gasteiger partial charge in [-0.15, -0.1) is 0 Å². The number of hydrogen-bond acceptors (Lipinski definition) is 1. The third-order valence-corrected chi connectivity index (χ3v) is 3.70. The molecule has 0 aliphatic heterocycles. The molecular weight excluding hydrogens is 246 g/mol. The molecule has 0 fully saturated rings. The molecule has 0 heterocycles. The Balaban J connectivity index is 1.97. The number of aliphatic hydroxyl groups excluding tert-OH is 1. The Bertz CT molecular complexity index is 622. The van der Waals surface area contributed by atoms with Crippen molar-refractivity contribution >= 4 is 0 Å². The molecule has 1 unspecified atom stereocenters. The van der Waals surface area contributed by atoms with E-state index < -0.39 is 17.7 Å². The number of hydrogen-bond donors (Lipinski definition) is 1. The Morgan fingerprint density at radius 3 is 2.53 bits per heavy atom. The second-order valence-corrected chi connectivity index (χ2v) is 4.95. The number of rotatable bonds is 2. The molecule has 0 spiro atoms. The van der Waals surface area contributed by atoms with Gasteiger partial charge in [0.2, 0.25) is 0 Å². The van der Waals surface area contributed by atoms with Crippen LogP contribution in [0.1, 0.15) is 34.8 Å². The first-order valence-corrected chi connectivity index (χ1v) is 6.40. The number of benzene rings is 2. The van der Waals surface area contributed by atoms with E-state index in [1.807, 2.05) is 18.2 Å². The van der Waals surface area contributed by atoms with Gasteiger partial charge in [-0.05, 0) is 42.0 Å². The lowest BCUT2D eigenvalue weighted by molar-refractivity contribution is 0.214. The van der Waals surface area contributed by atoms with Crippen molar-refractivity contribution in [2.45, 2.75) is 25.4 Å². The summed E-state index contributed by atoms with van der Waals surface area (Å²) in [5, 5.41) is 10.2. The molecule has 98 valence electrons. The maximum atomic E-state index is 13.7. The molecule has 0 aromatic heterocycles. The summed E-state index contributed by atoms with van der Waals surface area (Å²) < 4.78 is 26.5. The highest BCUT2D eigenvalue weighted by Gasteiger charge is 2.18. The summed E-state index contributed by atoms with van der Waals surface area (Å²) >= 11 is 0. The third kappa shape index (κ3) is 2.26. The zero-order valence-corrected chi connectivity index (χ0v) is 10.4. The smallest absolute Gasteiger partial charge is 0.132 e. The van der Waals surface area contributed by atoms with E-state index in [1.54, 1.807) is 0 Å². The van der Waals surface area contributed by atoms with Crippen LogP contribution in [0.25, 0.3) is 0 Å². The minimum absolute atomic E-state index is 0.111. The summed E-state index contributed by atoms with van der Waals surface area (Å²) in [5.74, 6) is -1.35. The summed E-state index contributed by atoms with van der Waals surface area (Å²) in [6.07, 6.45) is 2.14. The summed E-state index contributed by atoms with van der Waals surface area (Å²) in [6.45, 7) is 0. The largest absolute Gasteiger partial charge is 0.384 e. The molecule has 2 aromatic carbocycles. The van der Waals surface area contributed by atoms with Gasteiger partial charge in [0.25, 0.3) is 0 Å². The van der Waals surface area contributed by atoms with Gasteiger partial charge in [-0.3, -0.25) is 0 Å². The summed E-state index contributed by atoms with van der Waals surface area (Å²) in [6, 6.07) is 8.99. The molecule has 0 bridgehead atoms. The minimum Gasteiger partial charge on any atom is -0.384 e. The quantitative estimate of drug-likeness (QED) is 0.875. The molecule has 1 aliphatic carbocycles. The van der Waals surface area contributed by atoms with Crippen molar-refractivity contribution in [2.24, 2.45) is 0 Å². The molecule has 19 heavy (non-hydrogen) atoms. The molecule has 0 saturated heterocycles. The molecule has 0 radical (unpaired) electrons. The van der Waals surface area contributed by atoms with Crippen molar-refractivity contribution in [2.75, 3.05) is 0 Å². The van der Waals surface area contributed by atoms with Crippen LogP contribution in [0.2, 0.25) is 0 Å². The van der Waals surface area contributed by atoms with Gasteiger partial charge in [-0.2, -0.15) is 0 Å². The van der Waals surface area contributed by atoms with Gasteiger partial charge < -0.3 is 5.11 Å². The summed E-state index contributed by atoms with van der Waals surface area (Å²) in [5.41, 5.74) is 3.29. The van der Waals surface area contributed by atoms with E-state index in [2.05, 4.69) is 0 Å². The van der Waals surface area contributed by atoms with Crippen molar-refractivity contribution in [3.63, 3.8) is 0 Å². The van der Waals surface area contributed by atoms with E-state index in [0.29, 0.717) is 5.56 Å². The zero-order chi connectivity index (χ0) is 13.4. The summed E-state index contributed by atoms with van der Waals surface area (Å²) in [4.78, 5) is 0. The van der Waals surface area contributed by atoms with Crippen LogP contribution in [0.15, 0.2) is 36.4 Å². The Morgan fingerprint density at radius 1 is 0.947 bits per heavy atom. The maximum Gasteiger partial charge on any atom is 0.132 e. The van der Waals surface area contributed by atoms with Gasteiger partial charge in [0.05, 0.1) is 0 Å². The van der Waals surface area contributed by atoms with Crippen molar-refractivity contribution in [3.8, 4) is 0 Å². The first kappa shape index (κ1) is 12.3. The average Bonchev–Trinajstić information content (AvgIpc) is 2.85. The van der Waals surface area contributed by atoms with E-state index in [-0.39, 0.29) is 5.56 Å². The Hall–Kier alpha value is -1.74. The van der Waals surface area contributed by atoms with Crippen LogP contribution in [0.3, 0.4) is 0 Å². The second-order valence-electron chi connectivity index (χ2n) is 4.95. The lowest BCUT2D eigenvalue weighted by Gasteiger charge is -2.14. The lowest BCUT2D eigenvalue weighted by atomic mass is 9.97. The van der Waals surface area contributed by atoms with Crippen molar-refractivity contribution in [1.82, 2.24) is 0 Å². The van der Waals surface area contributed by atoms with Crippen LogP contribution in [-0.4, -0.2) is 5.11 Å². The molecule has 1 N–H and O–H groups in total. The molecule has 0 saturated carbocycles. The van der Waals surface area contributed by atoms with Crippen molar-refractivity contribution in [1.29, 1.82) is 0 Å². The van der Waals surface area contributed by atoms with E-state index in [4.69, 9.17) is 0 Å². The molecule has 1 aliphatic rings. The molecule has 3 heteroatoms. The predicted molar refractivity (Wildman–Crippen MR) is 68.9 cm³/mol. The lowest BCUT2D eigenvalue weighted by Crippen LogP contribution is -2.03. The number of halogens is 2. The standard InChI is InChI=1S/C16H14F2O/c17-13-6-7-14(15(18)9-13)16(19)12-5-4-10-2-1-3-11(10)8-12/h4-9,16,19H,1-3H2. The monoisotopic (exact) mass is 260 g/mol. The predicted octanol–water partition coefficient (Wildman–Crippen LogP) is 3.54. The van der Waals surface area contributed by atoms with Gasteiger partial charge in [0.1, 0.15) is 17.7 Å². The molecule has 0 amide bonds. The first-order valence-electron chi connectivity index (χ1n) is 6.40. The van der Waals surface area contributed by atoms with Gasteiger partial charge in [0.15, 0.2) is 0 Å². The average molecular weight is 260 g/mol. The highest BCUT2D eigenvalue weighted by atomic mass is 19.1. The van der Waals surface area contributed by atoms with Gasteiger partial charge in [-0.1, -0.05) is 24.3 Å². The SMILES string of the molecule is OC(c1ccc2c(c1)CCC2)c1ccc(F)cc1F. The Morgan fingerprint density at radius 2 is 1.74 bits per heavy atom. The molecule has 2 aromatic rings. The fraction of sp³-hybridized carbons (Fsp3) is 0.250. The fourth-order valence-electron chi connectivity index (χ4n) is 2.66. The van der Waals surface area contributed by atoms with Crippen LogP contribution in [0.4, 0.5) is 8.78 Å². The van der Waals surface area contributed by atoms with E-state index in [9.17, 15) is 13.9 Å². The van der Waals surface area contributed by atoms with Crippen LogP contribution in [0.5, 0.6) is 0 Å². The van der Waals surface area contributed by atoms with E-state index in [0.717, 1.165) is 31.4 Å². The van der Waals surface area contributed by atoms with Crippen molar-refractivity contribution in [3.05, 3.63) is 70.3 Å². The number of aryl methyl sites for hydroxylation is 2. The maximum absolute atomic E-state index is 13.7. The van der Waals surface area contributed by atoms with Gasteiger partial charge in [0, 0.05) is 11.6 Å². The van der Waals surface area contributed by atoms with Crippen LogP contribution in [0, 0.1) is 11.6 Å². The van der Waals surface area contributed by atoms with Crippen LogP contribution < -0.4 is 0 Å². The molecule has 3 rings (SSSR count). The molecule has 1 nitrogen and oxygen atoms in total. The molecule has 1 atom stereocenters. The summed E-state index contributed by atoms with van der Waals surface area (Å²) in [7, 11) is 0. The number of aliphatic hydroxyl groups is 1. The highest BCUT2D eigenvalue weighted by Crippen LogP contribution is 2.29. The topological polar surface area (TPSA) is 20.2 Å². The van der Waals surface area contributed by atoms with Crippen LogP contribution in [-0.2, 0) is 12.8 Å². The fourth-order valence-corrected chi connectivity index (χ4v) is 2.66. The first-order chi connectivity index (χ1) is 9.15. The zero-order valence-electron chi connectivity index (χ0n) is 10.4. The Labute approximate surface area is 110 Å². The number of fused-ring (bicyclic) bond motifs is 1. The van der Waals surface area contributed by atoms with Gasteiger partial charge >= 0.3 is 0 Å². The normalized spacial score (nSPS) is 15.3. The minimum atomic E-state index is -1.05. The van der Waals surface area contributed by atoms with Gasteiger partial charge in [-0.25, -0.2) is 8.78 Å². The second kappa shape index (κ2) is 4.74. The van der Waals surface area contributed by atoms with Crippen molar-refractivity contribution < 1.29 is 13.9 Å². The van der Waals surface area contributed by atoms with Crippen LogP contribution >= 0.6 is 0 Å².